The van der Waals surface area contributed by atoms with E-state index in [2.05, 4.69) is 0 Å². The molecule has 0 saturated carbocycles. The fraction of sp³-hybridized carbons (Fsp3) is 0.125. The number of carbonyl (C=O) groups excluding carboxylic acids is 1. The van der Waals surface area contributed by atoms with Crippen molar-refractivity contribution < 1.29 is 14.5 Å². The van der Waals surface area contributed by atoms with Gasteiger partial charge in [0.25, 0.3) is 5.69 Å². The number of hydrogen-bond acceptors (Lipinski definition) is 4. The van der Waals surface area contributed by atoms with Gasteiger partial charge in [-0.25, -0.2) is 0 Å². The summed E-state index contributed by atoms with van der Waals surface area (Å²) in [5, 5.41) is 10.4. The highest BCUT2D eigenvalue weighted by Crippen LogP contribution is 2.21. The molecule has 0 spiro atoms. The first kappa shape index (κ1) is 9.97. The Bertz CT molecular complexity index is 357. The van der Waals surface area contributed by atoms with E-state index in [9.17, 15) is 14.9 Å². The van der Waals surface area contributed by atoms with Crippen LogP contribution >= 0.6 is 0 Å². The monoisotopic (exact) mass is 196 g/mol. The Kier molecular flexibility index (Phi) is 2.66. The second kappa shape index (κ2) is 3.73. The number of ether oxygens (including phenoxy) is 1. The molecular weight excluding hydrogens is 188 g/mol. The standard InChI is InChI=1S/C8H8N2O4/c1-14-7-3-5(8(9)11)2-6(4-7)10(12)13/h2-4H,1H3,(H2,9,11). The lowest BCUT2D eigenvalue weighted by molar-refractivity contribution is -0.384. The van der Waals surface area contributed by atoms with Crippen LogP contribution in [0.1, 0.15) is 10.4 Å². The van der Waals surface area contributed by atoms with Gasteiger partial charge in [-0.05, 0) is 6.07 Å². The quantitative estimate of drug-likeness (QED) is 0.568. The molecule has 0 fully saturated rings. The van der Waals surface area contributed by atoms with Gasteiger partial charge < -0.3 is 10.5 Å². The smallest absolute Gasteiger partial charge is 0.273 e. The van der Waals surface area contributed by atoms with E-state index in [0.29, 0.717) is 0 Å². The zero-order chi connectivity index (χ0) is 10.7. The van der Waals surface area contributed by atoms with Crippen molar-refractivity contribution >= 4 is 11.6 Å². The lowest BCUT2D eigenvalue weighted by Crippen LogP contribution is -2.11. The molecule has 1 aromatic rings. The van der Waals surface area contributed by atoms with E-state index in [1.807, 2.05) is 0 Å². The molecule has 0 aliphatic rings. The third-order valence-electron chi connectivity index (χ3n) is 1.62. The number of rotatable bonds is 3. The van der Waals surface area contributed by atoms with E-state index < -0.39 is 10.8 Å². The van der Waals surface area contributed by atoms with Crippen LogP contribution in [0.3, 0.4) is 0 Å². The molecule has 0 bridgehead atoms. The first-order valence-electron chi connectivity index (χ1n) is 3.68. The largest absolute Gasteiger partial charge is 0.496 e. The molecule has 0 aliphatic heterocycles. The number of amides is 1. The minimum atomic E-state index is -0.730. The number of nitrogens with two attached hydrogens (primary N) is 1. The number of methoxy groups -OCH3 is 1. The number of carbonyl (C=O) groups is 1. The Morgan fingerprint density at radius 3 is 2.57 bits per heavy atom. The van der Waals surface area contributed by atoms with Crippen LogP contribution in [0.25, 0.3) is 0 Å². The van der Waals surface area contributed by atoms with Crippen LogP contribution < -0.4 is 10.5 Å². The lowest BCUT2D eigenvalue weighted by Gasteiger charge is -2.01. The fourth-order valence-electron chi connectivity index (χ4n) is 0.949. The topological polar surface area (TPSA) is 95.5 Å². The average Bonchev–Trinajstić information content (AvgIpc) is 2.16. The maximum Gasteiger partial charge on any atom is 0.273 e. The van der Waals surface area contributed by atoms with Crippen molar-refractivity contribution in [3.8, 4) is 5.75 Å². The molecule has 2 N–H and O–H groups in total. The lowest BCUT2D eigenvalue weighted by atomic mass is 10.2. The van der Waals surface area contributed by atoms with Crippen molar-refractivity contribution in [1.29, 1.82) is 0 Å². The second-order valence-corrected chi connectivity index (χ2v) is 2.54. The third kappa shape index (κ3) is 1.98. The second-order valence-electron chi connectivity index (χ2n) is 2.54. The highest BCUT2D eigenvalue weighted by molar-refractivity contribution is 5.93. The van der Waals surface area contributed by atoms with Gasteiger partial charge in [0.1, 0.15) is 5.75 Å². The fourth-order valence-corrected chi connectivity index (χ4v) is 0.949. The van der Waals surface area contributed by atoms with E-state index in [-0.39, 0.29) is 17.0 Å². The number of nitrogens with zero attached hydrogens (tertiary/aromatic N) is 1. The summed E-state index contributed by atoms with van der Waals surface area (Å²) in [4.78, 5) is 20.6. The molecule has 0 atom stereocenters. The van der Waals surface area contributed by atoms with Crippen molar-refractivity contribution in [2.45, 2.75) is 0 Å². The summed E-state index contributed by atoms with van der Waals surface area (Å²) >= 11 is 0. The van der Waals surface area contributed by atoms with Crippen LogP contribution in [0.4, 0.5) is 5.69 Å². The Hall–Kier alpha value is -2.11. The molecule has 1 aromatic carbocycles. The van der Waals surface area contributed by atoms with Crippen LogP contribution in [0, 0.1) is 10.1 Å². The zero-order valence-corrected chi connectivity index (χ0v) is 7.39. The number of nitro groups is 1. The number of non-ortho nitro benzene ring substituents is 1. The predicted octanol–water partition coefficient (Wildman–Crippen LogP) is 0.702. The molecule has 0 heterocycles. The zero-order valence-electron chi connectivity index (χ0n) is 7.39. The molecule has 0 radical (unpaired) electrons. The van der Waals surface area contributed by atoms with Gasteiger partial charge in [-0.3, -0.25) is 14.9 Å². The molecule has 6 nitrogen and oxygen atoms in total. The highest BCUT2D eigenvalue weighted by atomic mass is 16.6. The van der Waals surface area contributed by atoms with Crippen molar-refractivity contribution in [1.82, 2.24) is 0 Å². The molecule has 74 valence electrons. The normalized spacial score (nSPS) is 9.50. The molecule has 0 saturated heterocycles. The van der Waals surface area contributed by atoms with Crippen LogP contribution in [0.2, 0.25) is 0 Å². The Morgan fingerprint density at radius 2 is 2.14 bits per heavy atom. The molecule has 0 aromatic heterocycles. The Balaban J connectivity index is 3.27. The minimum absolute atomic E-state index is 0.0519. The Morgan fingerprint density at radius 1 is 1.50 bits per heavy atom. The summed E-state index contributed by atoms with van der Waals surface area (Å²) in [5.74, 6) is -0.500. The summed E-state index contributed by atoms with van der Waals surface area (Å²) in [6.45, 7) is 0. The van der Waals surface area contributed by atoms with Gasteiger partial charge in [-0.1, -0.05) is 0 Å². The highest BCUT2D eigenvalue weighted by Gasteiger charge is 2.12. The molecule has 0 unspecified atom stereocenters. The van der Waals surface area contributed by atoms with E-state index in [4.69, 9.17) is 10.5 Å². The third-order valence-corrected chi connectivity index (χ3v) is 1.62. The van der Waals surface area contributed by atoms with E-state index >= 15 is 0 Å². The van der Waals surface area contributed by atoms with Gasteiger partial charge in [-0.15, -0.1) is 0 Å². The van der Waals surface area contributed by atoms with Crippen molar-refractivity contribution in [2.75, 3.05) is 7.11 Å². The number of primary amides is 1. The van der Waals surface area contributed by atoms with Gasteiger partial charge in [0.2, 0.25) is 5.91 Å². The summed E-state index contributed by atoms with van der Waals surface area (Å²) in [5.41, 5.74) is 4.82. The molecule has 1 rings (SSSR count). The van der Waals surface area contributed by atoms with Gasteiger partial charge >= 0.3 is 0 Å². The molecule has 1 amide bonds. The number of benzene rings is 1. The number of nitro benzene ring substituents is 1. The van der Waals surface area contributed by atoms with Crippen molar-refractivity contribution in [3.05, 3.63) is 33.9 Å². The molecule has 14 heavy (non-hydrogen) atoms. The van der Waals surface area contributed by atoms with Crippen molar-refractivity contribution in [3.63, 3.8) is 0 Å². The molecule has 0 aliphatic carbocycles. The maximum atomic E-state index is 10.8. The molecular formula is C8H8N2O4. The summed E-state index contributed by atoms with van der Waals surface area (Å²) in [7, 11) is 1.35. The van der Waals surface area contributed by atoms with Crippen LogP contribution in [0.15, 0.2) is 18.2 Å². The minimum Gasteiger partial charge on any atom is -0.496 e. The van der Waals surface area contributed by atoms with Crippen LogP contribution in [-0.2, 0) is 0 Å². The van der Waals surface area contributed by atoms with Crippen molar-refractivity contribution in [2.24, 2.45) is 5.73 Å². The predicted molar refractivity (Wildman–Crippen MR) is 48.2 cm³/mol. The van der Waals surface area contributed by atoms with Gasteiger partial charge in [0.05, 0.1) is 18.1 Å². The molecule has 6 heteroatoms. The van der Waals surface area contributed by atoms with E-state index in [0.717, 1.165) is 6.07 Å². The summed E-state index contributed by atoms with van der Waals surface area (Å²) in [6.07, 6.45) is 0. The van der Waals surface area contributed by atoms with Crippen LogP contribution in [0.5, 0.6) is 5.75 Å². The summed E-state index contributed by atoms with van der Waals surface area (Å²) < 4.78 is 4.78. The van der Waals surface area contributed by atoms with Gasteiger partial charge in [0.15, 0.2) is 0 Å². The average molecular weight is 196 g/mol. The first-order valence-corrected chi connectivity index (χ1v) is 3.68. The van der Waals surface area contributed by atoms with Crippen LogP contribution in [-0.4, -0.2) is 17.9 Å². The first-order chi connectivity index (χ1) is 6.54. The maximum absolute atomic E-state index is 10.8. The Labute approximate surface area is 79.4 Å². The van der Waals surface area contributed by atoms with E-state index in [1.165, 1.54) is 19.2 Å². The van der Waals surface area contributed by atoms with E-state index in [1.54, 1.807) is 0 Å². The SMILES string of the molecule is COc1cc(C(N)=O)cc([N+](=O)[O-])c1. The van der Waals surface area contributed by atoms with Gasteiger partial charge in [-0.2, -0.15) is 0 Å². The summed E-state index contributed by atoms with van der Waals surface area (Å²) in [6, 6.07) is 3.66. The van der Waals surface area contributed by atoms with Gasteiger partial charge in [0, 0.05) is 11.6 Å². The number of hydrogen-bond donors (Lipinski definition) is 1.